The number of ether oxygens (including phenoxy) is 1. The van der Waals surface area contributed by atoms with Crippen LogP contribution in [0.15, 0.2) is 30.5 Å². The second-order valence-corrected chi connectivity index (χ2v) is 6.47. The van der Waals surface area contributed by atoms with Crippen LogP contribution in [-0.4, -0.2) is 27.8 Å². The van der Waals surface area contributed by atoms with Crippen molar-refractivity contribution in [2.24, 2.45) is 0 Å². The molecule has 0 fully saturated rings. The second-order valence-electron chi connectivity index (χ2n) is 6.47. The number of aromatic nitrogens is 2. The predicted octanol–water partition coefficient (Wildman–Crippen LogP) is 4.06. The first-order chi connectivity index (χ1) is 11.8. The molecule has 0 radical (unpaired) electrons. The van der Waals surface area contributed by atoms with E-state index in [1.54, 1.807) is 12.1 Å². The number of para-hydroxylation sites is 1. The summed E-state index contributed by atoms with van der Waals surface area (Å²) in [5, 5.41) is 0. The Balaban J connectivity index is 1.74. The molecule has 1 aliphatic heterocycles. The van der Waals surface area contributed by atoms with Crippen LogP contribution in [0.4, 0.5) is 13.2 Å². The van der Waals surface area contributed by atoms with Crippen molar-refractivity contribution in [3.8, 4) is 5.75 Å². The number of hydrogen-bond donors (Lipinski definition) is 0. The number of fused-ring (bicyclic) bond motifs is 1. The smallest absolute Gasteiger partial charge is 0.405 e. The molecule has 1 aromatic heterocycles. The zero-order chi connectivity index (χ0) is 18.0. The largest absolute Gasteiger partial charge is 0.573 e. The molecule has 0 spiro atoms. The van der Waals surface area contributed by atoms with Gasteiger partial charge in [-0.25, -0.2) is 9.97 Å². The lowest BCUT2D eigenvalue weighted by molar-refractivity contribution is -0.275. The molecule has 134 valence electrons. The summed E-state index contributed by atoms with van der Waals surface area (Å²) in [4.78, 5) is 11.1. The Bertz CT molecular complexity index is 747. The van der Waals surface area contributed by atoms with Crippen LogP contribution < -0.4 is 4.74 Å². The topological polar surface area (TPSA) is 38.2 Å². The molecule has 0 saturated carbocycles. The van der Waals surface area contributed by atoms with E-state index in [4.69, 9.17) is 0 Å². The van der Waals surface area contributed by atoms with Gasteiger partial charge in [-0.3, -0.25) is 4.90 Å². The van der Waals surface area contributed by atoms with Gasteiger partial charge in [-0.15, -0.1) is 13.2 Å². The van der Waals surface area contributed by atoms with E-state index in [0.717, 1.165) is 30.0 Å². The van der Waals surface area contributed by atoms with Crippen molar-refractivity contribution in [1.82, 2.24) is 14.9 Å². The third-order valence-corrected chi connectivity index (χ3v) is 4.14. The summed E-state index contributed by atoms with van der Waals surface area (Å²) in [6.45, 7) is 5.84. The summed E-state index contributed by atoms with van der Waals surface area (Å²) in [5.74, 6) is 0.957. The Morgan fingerprint density at radius 3 is 2.72 bits per heavy atom. The number of benzene rings is 1. The van der Waals surface area contributed by atoms with Crippen molar-refractivity contribution < 1.29 is 17.9 Å². The highest BCUT2D eigenvalue weighted by atomic mass is 19.4. The first-order valence-corrected chi connectivity index (χ1v) is 8.22. The normalized spacial score (nSPS) is 15.3. The molecule has 25 heavy (non-hydrogen) atoms. The first-order valence-electron chi connectivity index (χ1n) is 8.22. The van der Waals surface area contributed by atoms with Crippen LogP contribution in [-0.2, 0) is 19.5 Å². The van der Waals surface area contributed by atoms with E-state index in [-0.39, 0.29) is 11.7 Å². The molecule has 2 aromatic rings. The summed E-state index contributed by atoms with van der Waals surface area (Å²) < 4.78 is 41.8. The lowest BCUT2D eigenvalue weighted by Gasteiger charge is -2.29. The molecule has 1 aliphatic rings. The van der Waals surface area contributed by atoms with Crippen LogP contribution in [0, 0.1) is 0 Å². The number of rotatable bonds is 4. The van der Waals surface area contributed by atoms with Gasteiger partial charge in [-0.05, 0) is 6.07 Å². The van der Waals surface area contributed by atoms with E-state index < -0.39 is 6.36 Å². The molecular formula is C18H20F3N3O. The van der Waals surface area contributed by atoms with Crippen molar-refractivity contribution in [2.45, 2.75) is 45.6 Å². The Morgan fingerprint density at radius 2 is 2.00 bits per heavy atom. The maximum atomic E-state index is 12.5. The van der Waals surface area contributed by atoms with Gasteiger partial charge in [0.25, 0.3) is 0 Å². The average molecular weight is 351 g/mol. The van der Waals surface area contributed by atoms with Crippen LogP contribution in [0.1, 0.15) is 42.4 Å². The molecule has 0 N–H and O–H groups in total. The minimum atomic E-state index is -4.69. The molecule has 0 aliphatic carbocycles. The van der Waals surface area contributed by atoms with Gasteiger partial charge in [0, 0.05) is 55.0 Å². The fraction of sp³-hybridized carbons (Fsp3) is 0.444. The van der Waals surface area contributed by atoms with Crippen LogP contribution in [0.25, 0.3) is 0 Å². The highest BCUT2D eigenvalue weighted by Gasteiger charge is 2.32. The molecule has 4 nitrogen and oxygen atoms in total. The zero-order valence-corrected chi connectivity index (χ0v) is 14.2. The van der Waals surface area contributed by atoms with E-state index in [1.165, 1.54) is 12.1 Å². The van der Waals surface area contributed by atoms with Gasteiger partial charge < -0.3 is 4.74 Å². The SMILES string of the molecule is CC(C)c1ncc2c(n1)CCN(Cc1ccccc1OC(F)(F)F)C2. The fourth-order valence-electron chi connectivity index (χ4n) is 2.90. The van der Waals surface area contributed by atoms with E-state index in [0.29, 0.717) is 18.7 Å². The standard InChI is InChI=1S/C18H20F3N3O/c1-12(2)17-22-9-14-11-24(8-7-15(14)23-17)10-13-5-3-4-6-16(13)25-18(19,20)21/h3-6,9,12H,7-8,10-11H2,1-2H3. The number of halogens is 3. The number of alkyl halides is 3. The van der Waals surface area contributed by atoms with Gasteiger partial charge in [-0.2, -0.15) is 0 Å². The molecule has 0 saturated heterocycles. The van der Waals surface area contributed by atoms with Gasteiger partial charge in [0.15, 0.2) is 0 Å². The molecule has 0 atom stereocenters. The maximum absolute atomic E-state index is 12.5. The first kappa shape index (κ1) is 17.7. The number of nitrogens with zero attached hydrogens (tertiary/aromatic N) is 3. The molecule has 3 rings (SSSR count). The molecular weight excluding hydrogens is 331 g/mol. The van der Waals surface area contributed by atoms with Crippen molar-refractivity contribution in [3.63, 3.8) is 0 Å². The maximum Gasteiger partial charge on any atom is 0.573 e. The van der Waals surface area contributed by atoms with Crippen LogP contribution in [0.3, 0.4) is 0 Å². The Kier molecular flexibility index (Phi) is 4.94. The summed E-state index contributed by atoms with van der Waals surface area (Å²) in [6, 6.07) is 6.26. The average Bonchev–Trinajstić information content (AvgIpc) is 2.55. The van der Waals surface area contributed by atoms with Gasteiger partial charge in [0.1, 0.15) is 11.6 Å². The van der Waals surface area contributed by atoms with Crippen molar-refractivity contribution in [1.29, 1.82) is 0 Å². The van der Waals surface area contributed by atoms with Gasteiger partial charge in [0.05, 0.1) is 0 Å². The highest BCUT2D eigenvalue weighted by Crippen LogP contribution is 2.28. The van der Waals surface area contributed by atoms with Gasteiger partial charge in [-0.1, -0.05) is 32.0 Å². The minimum absolute atomic E-state index is 0.146. The van der Waals surface area contributed by atoms with E-state index in [9.17, 15) is 13.2 Å². The van der Waals surface area contributed by atoms with E-state index in [2.05, 4.69) is 33.5 Å². The Morgan fingerprint density at radius 1 is 1.24 bits per heavy atom. The zero-order valence-electron chi connectivity index (χ0n) is 14.2. The predicted molar refractivity (Wildman–Crippen MR) is 87.1 cm³/mol. The van der Waals surface area contributed by atoms with Crippen LogP contribution in [0.2, 0.25) is 0 Å². The van der Waals surface area contributed by atoms with Crippen LogP contribution >= 0.6 is 0 Å². The highest BCUT2D eigenvalue weighted by molar-refractivity contribution is 5.34. The second kappa shape index (κ2) is 7.00. The molecule has 2 heterocycles. The minimum Gasteiger partial charge on any atom is -0.405 e. The third-order valence-electron chi connectivity index (χ3n) is 4.14. The molecule has 1 aromatic carbocycles. The molecule has 0 unspecified atom stereocenters. The summed E-state index contributed by atoms with van der Waals surface area (Å²) in [5.41, 5.74) is 2.59. The lowest BCUT2D eigenvalue weighted by Crippen LogP contribution is -2.31. The van der Waals surface area contributed by atoms with Gasteiger partial charge in [0.2, 0.25) is 0 Å². The monoisotopic (exact) mass is 351 g/mol. The van der Waals surface area contributed by atoms with Gasteiger partial charge >= 0.3 is 6.36 Å². The Hall–Kier alpha value is -2.15. The summed E-state index contributed by atoms with van der Waals surface area (Å²) in [7, 11) is 0. The van der Waals surface area contributed by atoms with E-state index >= 15 is 0 Å². The quantitative estimate of drug-likeness (QED) is 0.833. The number of hydrogen-bond acceptors (Lipinski definition) is 4. The molecule has 0 amide bonds. The molecule has 7 heteroatoms. The third kappa shape index (κ3) is 4.48. The summed E-state index contributed by atoms with van der Waals surface area (Å²) >= 11 is 0. The Labute approximate surface area is 144 Å². The van der Waals surface area contributed by atoms with Crippen molar-refractivity contribution in [3.05, 3.63) is 53.1 Å². The van der Waals surface area contributed by atoms with E-state index in [1.807, 2.05) is 6.20 Å². The lowest BCUT2D eigenvalue weighted by atomic mass is 10.1. The molecule has 0 bridgehead atoms. The fourth-order valence-corrected chi connectivity index (χ4v) is 2.90. The van der Waals surface area contributed by atoms with Crippen molar-refractivity contribution >= 4 is 0 Å². The van der Waals surface area contributed by atoms with Crippen molar-refractivity contribution in [2.75, 3.05) is 6.54 Å². The van der Waals surface area contributed by atoms with Crippen LogP contribution in [0.5, 0.6) is 5.75 Å². The summed E-state index contributed by atoms with van der Waals surface area (Å²) in [6.07, 6.45) is -2.09.